The molecule has 1 aromatic rings. The van der Waals surface area contributed by atoms with E-state index in [1.807, 2.05) is 39.2 Å². The van der Waals surface area contributed by atoms with Gasteiger partial charge < -0.3 is 10.1 Å². The zero-order valence-corrected chi connectivity index (χ0v) is 19.2. The molecule has 0 bridgehead atoms. The molecular formula is C25H44N2O2. The Balaban J connectivity index is 1.74. The maximum Gasteiger partial charge on any atom is 0.307 e. The number of carbonyl (C=O) groups is 1. The Kier molecular flexibility index (Phi) is 14.5. The van der Waals surface area contributed by atoms with Crippen molar-refractivity contribution >= 4 is 5.97 Å². The maximum atomic E-state index is 11.6. The van der Waals surface area contributed by atoms with E-state index < -0.39 is 0 Å². The topological polar surface area (TPSA) is 51.2 Å². The molecule has 0 amide bonds. The summed E-state index contributed by atoms with van der Waals surface area (Å²) in [7, 11) is 0. The Morgan fingerprint density at radius 2 is 1.48 bits per heavy atom. The number of pyridine rings is 1. The Hall–Kier alpha value is -1.42. The highest BCUT2D eigenvalue weighted by Crippen LogP contribution is 2.12. The molecule has 0 spiro atoms. The highest BCUT2D eigenvalue weighted by atomic mass is 16.6. The summed E-state index contributed by atoms with van der Waals surface area (Å²) < 4.78 is 5.29. The van der Waals surface area contributed by atoms with Crippen molar-refractivity contribution in [3.63, 3.8) is 0 Å². The molecule has 0 aliphatic rings. The molecule has 4 nitrogen and oxygen atoms in total. The minimum Gasteiger partial charge on any atom is -0.460 e. The third kappa shape index (κ3) is 17.2. The van der Waals surface area contributed by atoms with Gasteiger partial charge in [0.25, 0.3) is 0 Å². The molecular weight excluding hydrogens is 360 g/mol. The van der Waals surface area contributed by atoms with Gasteiger partial charge >= 0.3 is 5.97 Å². The molecule has 0 fully saturated rings. The molecule has 166 valence electrons. The van der Waals surface area contributed by atoms with Crippen molar-refractivity contribution in [1.29, 1.82) is 0 Å². The first kappa shape index (κ1) is 25.6. The molecule has 4 heteroatoms. The van der Waals surface area contributed by atoms with Crippen LogP contribution >= 0.6 is 0 Å². The first-order chi connectivity index (χ1) is 14.0. The predicted octanol–water partition coefficient (Wildman–Crippen LogP) is 6.24. The average Bonchev–Trinajstić information content (AvgIpc) is 2.67. The molecule has 0 aliphatic heterocycles. The van der Waals surface area contributed by atoms with Gasteiger partial charge in [0.2, 0.25) is 0 Å². The number of nitrogens with one attached hydrogen (secondary N) is 1. The van der Waals surface area contributed by atoms with Crippen LogP contribution in [0.15, 0.2) is 24.5 Å². The van der Waals surface area contributed by atoms with E-state index in [0.29, 0.717) is 6.42 Å². The van der Waals surface area contributed by atoms with E-state index in [-0.39, 0.29) is 11.6 Å². The van der Waals surface area contributed by atoms with Crippen molar-refractivity contribution in [3.05, 3.63) is 30.1 Å². The normalized spacial score (nSPS) is 11.6. The summed E-state index contributed by atoms with van der Waals surface area (Å²) in [6.45, 7) is 7.44. The first-order valence-electron chi connectivity index (χ1n) is 11.8. The van der Waals surface area contributed by atoms with Gasteiger partial charge in [0, 0.05) is 18.9 Å². The number of carbonyl (C=O) groups excluding carboxylic acids is 1. The zero-order valence-electron chi connectivity index (χ0n) is 19.2. The van der Waals surface area contributed by atoms with Gasteiger partial charge in [-0.2, -0.15) is 0 Å². The van der Waals surface area contributed by atoms with Crippen LogP contribution in [0.25, 0.3) is 0 Å². The van der Waals surface area contributed by atoms with Crippen molar-refractivity contribution < 1.29 is 9.53 Å². The Morgan fingerprint density at radius 3 is 2.03 bits per heavy atom. The summed E-state index contributed by atoms with van der Waals surface area (Å²) in [5.74, 6) is -0.113. The third-order valence-electron chi connectivity index (χ3n) is 4.97. The van der Waals surface area contributed by atoms with Crippen LogP contribution in [0, 0.1) is 0 Å². The first-order valence-corrected chi connectivity index (χ1v) is 11.8. The lowest BCUT2D eigenvalue weighted by molar-refractivity contribution is -0.154. The molecule has 0 saturated heterocycles. The number of aromatic nitrogens is 1. The fourth-order valence-electron chi connectivity index (χ4n) is 3.42. The molecule has 0 unspecified atom stereocenters. The quantitative estimate of drug-likeness (QED) is 0.247. The molecule has 29 heavy (non-hydrogen) atoms. The van der Waals surface area contributed by atoms with E-state index in [0.717, 1.165) is 13.1 Å². The van der Waals surface area contributed by atoms with Crippen LogP contribution in [0.2, 0.25) is 0 Å². The summed E-state index contributed by atoms with van der Waals surface area (Å²) in [4.78, 5) is 15.8. The van der Waals surface area contributed by atoms with Gasteiger partial charge in [-0.05, 0) is 58.2 Å². The monoisotopic (exact) mass is 404 g/mol. The highest BCUT2D eigenvalue weighted by molar-refractivity contribution is 5.70. The van der Waals surface area contributed by atoms with Crippen LogP contribution in [0.4, 0.5) is 0 Å². The molecule has 0 saturated carbocycles. The van der Waals surface area contributed by atoms with Crippen molar-refractivity contribution in [2.75, 3.05) is 13.1 Å². The second-order valence-corrected chi connectivity index (χ2v) is 9.09. The van der Waals surface area contributed by atoms with Crippen molar-refractivity contribution in [1.82, 2.24) is 10.3 Å². The van der Waals surface area contributed by atoms with Gasteiger partial charge in [-0.1, -0.05) is 63.9 Å². The van der Waals surface area contributed by atoms with E-state index in [1.165, 1.54) is 82.6 Å². The lowest BCUT2D eigenvalue weighted by atomic mass is 10.0. The molecule has 1 heterocycles. The maximum absolute atomic E-state index is 11.6. The van der Waals surface area contributed by atoms with E-state index >= 15 is 0 Å². The number of esters is 1. The number of unbranched alkanes of at least 4 members (excludes halogenated alkanes) is 10. The summed E-state index contributed by atoms with van der Waals surface area (Å²) in [6.07, 6.45) is 20.2. The van der Waals surface area contributed by atoms with Crippen molar-refractivity contribution in [2.24, 2.45) is 0 Å². The Morgan fingerprint density at radius 1 is 0.897 bits per heavy atom. The number of ether oxygens (including phenoxy) is 1. The van der Waals surface area contributed by atoms with Gasteiger partial charge in [-0.25, -0.2) is 0 Å². The summed E-state index contributed by atoms with van der Waals surface area (Å²) in [5.41, 5.74) is 0.989. The number of nitrogens with zero attached hydrogens (tertiary/aromatic N) is 1. The summed E-state index contributed by atoms with van der Waals surface area (Å²) >= 11 is 0. The Labute approximate surface area is 179 Å². The van der Waals surface area contributed by atoms with E-state index in [2.05, 4.69) is 16.4 Å². The molecule has 0 aromatic carbocycles. The molecule has 0 atom stereocenters. The molecule has 1 N–H and O–H groups in total. The van der Waals surface area contributed by atoms with Crippen LogP contribution in [0.5, 0.6) is 0 Å². The van der Waals surface area contributed by atoms with Crippen molar-refractivity contribution in [2.45, 2.75) is 110 Å². The summed E-state index contributed by atoms with van der Waals surface area (Å²) in [5, 5.41) is 3.34. The van der Waals surface area contributed by atoms with Crippen molar-refractivity contribution in [3.8, 4) is 0 Å². The highest BCUT2D eigenvalue weighted by Gasteiger charge is 2.15. The van der Waals surface area contributed by atoms with Gasteiger partial charge in [0.15, 0.2) is 0 Å². The van der Waals surface area contributed by atoms with E-state index in [4.69, 9.17) is 4.74 Å². The predicted molar refractivity (Wildman–Crippen MR) is 122 cm³/mol. The van der Waals surface area contributed by atoms with E-state index in [1.54, 1.807) is 0 Å². The molecule has 0 aliphatic carbocycles. The second-order valence-electron chi connectivity index (χ2n) is 9.09. The zero-order chi connectivity index (χ0) is 21.2. The number of rotatable bonds is 17. The van der Waals surface area contributed by atoms with Gasteiger partial charge in [0.05, 0.1) is 6.42 Å². The van der Waals surface area contributed by atoms with Gasteiger partial charge in [-0.15, -0.1) is 0 Å². The fourth-order valence-corrected chi connectivity index (χ4v) is 3.42. The number of hydrogen-bond donors (Lipinski definition) is 1. The second kappa shape index (κ2) is 16.4. The lowest BCUT2D eigenvalue weighted by Crippen LogP contribution is -2.27. The molecule has 0 radical (unpaired) electrons. The van der Waals surface area contributed by atoms with Crippen LogP contribution in [-0.2, 0) is 16.0 Å². The minimum absolute atomic E-state index is 0.113. The van der Waals surface area contributed by atoms with Gasteiger partial charge in [0.1, 0.15) is 5.60 Å². The summed E-state index contributed by atoms with van der Waals surface area (Å²) in [6, 6.07) is 4.20. The van der Waals surface area contributed by atoms with E-state index in [9.17, 15) is 4.79 Å². The average molecular weight is 405 g/mol. The standard InChI is InChI=1S/C25H44N2O2/c1-25(2,3)29-24(28)18-21-26-19-14-12-10-8-6-4-5-7-9-11-13-16-23-17-15-20-27-22-23/h15,17,20,22,26H,4-14,16,18-19,21H2,1-3H3. The Bertz CT molecular complexity index is 511. The van der Waals surface area contributed by atoms with Crippen LogP contribution < -0.4 is 5.32 Å². The number of hydrogen-bond acceptors (Lipinski definition) is 4. The third-order valence-corrected chi connectivity index (χ3v) is 4.97. The SMILES string of the molecule is CC(C)(C)OC(=O)CCNCCCCCCCCCCCCCc1cccnc1. The largest absolute Gasteiger partial charge is 0.460 e. The van der Waals surface area contributed by atoms with Crippen LogP contribution in [-0.4, -0.2) is 29.6 Å². The lowest BCUT2D eigenvalue weighted by Gasteiger charge is -2.19. The van der Waals surface area contributed by atoms with Crippen LogP contribution in [0.3, 0.4) is 0 Å². The fraction of sp³-hybridized carbons (Fsp3) is 0.760. The minimum atomic E-state index is -0.378. The molecule has 1 aromatic heterocycles. The van der Waals surface area contributed by atoms with Crippen LogP contribution in [0.1, 0.15) is 103 Å². The smallest absolute Gasteiger partial charge is 0.307 e. The number of aryl methyl sites for hydroxylation is 1. The van der Waals surface area contributed by atoms with Gasteiger partial charge in [-0.3, -0.25) is 9.78 Å². The molecule has 1 rings (SSSR count).